The molecule has 0 unspecified atom stereocenters. The molecule has 7 heteroatoms. The van der Waals surface area contributed by atoms with Crippen LogP contribution < -0.4 is 5.32 Å². The van der Waals surface area contributed by atoms with Gasteiger partial charge in [-0.3, -0.25) is 0 Å². The molecule has 4 rings (SSSR count). The molecule has 0 spiro atoms. The van der Waals surface area contributed by atoms with Crippen molar-refractivity contribution in [1.82, 2.24) is 30.0 Å². The number of imidazole rings is 1. The minimum absolute atomic E-state index is 0.119. The molecular weight excluding hydrogens is 316 g/mol. The van der Waals surface area contributed by atoms with Crippen LogP contribution in [-0.2, 0) is 0 Å². The molecule has 0 amide bonds. The summed E-state index contributed by atoms with van der Waals surface area (Å²) < 4.78 is 1.82. The Morgan fingerprint density at radius 1 is 1.32 bits per heavy atom. The van der Waals surface area contributed by atoms with Crippen molar-refractivity contribution < 1.29 is 5.11 Å². The molecule has 1 saturated heterocycles. The summed E-state index contributed by atoms with van der Waals surface area (Å²) in [5, 5.41) is 22.1. The Balaban J connectivity index is 1.58. The molecule has 0 saturated carbocycles. The van der Waals surface area contributed by atoms with E-state index in [-0.39, 0.29) is 5.75 Å². The monoisotopic (exact) mass is 334 g/mol. The summed E-state index contributed by atoms with van der Waals surface area (Å²) in [7, 11) is 0. The topological polar surface area (TPSA) is 88.8 Å². The standard InChI is InChI=1S/C18H18N6O/c1-12(13-4-5-19-9-13)18-21-10-16(22-23-18)15-3-2-14(8-17(15)25)24-7-6-20-11-24/h2-3,6-8,10-11,13,19,25H,1,4-5,9H2/t13-/m0/s1. The maximum Gasteiger partial charge on any atom is 0.177 e. The second-order valence-electron chi connectivity index (χ2n) is 6.05. The van der Waals surface area contributed by atoms with Crippen molar-refractivity contribution in [3.05, 3.63) is 55.5 Å². The summed E-state index contributed by atoms with van der Waals surface area (Å²) in [4.78, 5) is 8.39. The lowest BCUT2D eigenvalue weighted by Gasteiger charge is -2.11. The first-order chi connectivity index (χ1) is 12.2. The fourth-order valence-electron chi connectivity index (χ4n) is 2.99. The van der Waals surface area contributed by atoms with Gasteiger partial charge in [0.15, 0.2) is 5.82 Å². The number of nitrogens with zero attached hydrogens (tertiary/aromatic N) is 5. The molecule has 0 radical (unpaired) electrons. The van der Waals surface area contributed by atoms with Crippen LogP contribution in [0.15, 0.2) is 49.7 Å². The molecule has 1 aliphatic heterocycles. The quantitative estimate of drug-likeness (QED) is 0.759. The normalized spacial score (nSPS) is 16.9. The third-order valence-corrected chi connectivity index (χ3v) is 4.46. The summed E-state index contributed by atoms with van der Waals surface area (Å²) in [5.41, 5.74) is 2.83. The Bertz CT molecular complexity index is 882. The van der Waals surface area contributed by atoms with Crippen LogP contribution in [0.4, 0.5) is 0 Å². The maximum atomic E-state index is 10.3. The number of benzene rings is 1. The van der Waals surface area contributed by atoms with E-state index in [4.69, 9.17) is 0 Å². The van der Waals surface area contributed by atoms with E-state index in [2.05, 4.69) is 32.1 Å². The third kappa shape index (κ3) is 3.01. The van der Waals surface area contributed by atoms with Crippen LogP contribution >= 0.6 is 0 Å². The number of phenolic OH excluding ortho intramolecular Hbond substituents is 1. The Labute approximate surface area is 145 Å². The van der Waals surface area contributed by atoms with Gasteiger partial charge in [0, 0.05) is 36.5 Å². The number of aromatic hydroxyl groups is 1. The van der Waals surface area contributed by atoms with Gasteiger partial charge in [0.2, 0.25) is 0 Å². The van der Waals surface area contributed by atoms with Crippen molar-refractivity contribution in [3.8, 4) is 22.7 Å². The molecule has 25 heavy (non-hydrogen) atoms. The van der Waals surface area contributed by atoms with E-state index < -0.39 is 0 Å². The van der Waals surface area contributed by atoms with Gasteiger partial charge in [-0.25, -0.2) is 9.97 Å². The Morgan fingerprint density at radius 2 is 2.24 bits per heavy atom. The number of hydrogen-bond donors (Lipinski definition) is 2. The zero-order valence-corrected chi connectivity index (χ0v) is 13.6. The average Bonchev–Trinajstić information content (AvgIpc) is 3.35. The van der Waals surface area contributed by atoms with Gasteiger partial charge in [-0.15, -0.1) is 10.2 Å². The van der Waals surface area contributed by atoms with Gasteiger partial charge >= 0.3 is 0 Å². The molecule has 1 aliphatic rings. The third-order valence-electron chi connectivity index (χ3n) is 4.46. The van der Waals surface area contributed by atoms with Crippen LogP contribution in [0.3, 0.4) is 0 Å². The molecule has 0 aliphatic carbocycles. The molecule has 3 aromatic rings. The number of aromatic nitrogens is 5. The summed E-state index contributed by atoms with van der Waals surface area (Å²) in [6.07, 6.45) is 7.84. The zero-order chi connectivity index (χ0) is 17.2. The van der Waals surface area contributed by atoms with Crippen molar-refractivity contribution in [2.24, 2.45) is 5.92 Å². The number of rotatable bonds is 4. The molecule has 2 aromatic heterocycles. The van der Waals surface area contributed by atoms with Gasteiger partial charge < -0.3 is 15.0 Å². The Kier molecular flexibility index (Phi) is 3.99. The van der Waals surface area contributed by atoms with E-state index in [1.165, 1.54) is 0 Å². The lowest BCUT2D eigenvalue weighted by Crippen LogP contribution is -2.11. The van der Waals surface area contributed by atoms with Gasteiger partial charge in [0.1, 0.15) is 11.4 Å². The molecule has 3 heterocycles. The highest BCUT2D eigenvalue weighted by Crippen LogP contribution is 2.30. The second-order valence-corrected chi connectivity index (χ2v) is 6.05. The van der Waals surface area contributed by atoms with E-state index in [0.29, 0.717) is 23.0 Å². The molecule has 1 fully saturated rings. The van der Waals surface area contributed by atoms with Crippen molar-refractivity contribution in [2.75, 3.05) is 13.1 Å². The van der Waals surface area contributed by atoms with Crippen molar-refractivity contribution in [3.63, 3.8) is 0 Å². The molecule has 126 valence electrons. The van der Waals surface area contributed by atoms with Crippen LogP contribution in [0.1, 0.15) is 12.2 Å². The molecular formula is C18H18N6O. The van der Waals surface area contributed by atoms with E-state index in [9.17, 15) is 5.11 Å². The molecule has 2 N–H and O–H groups in total. The summed E-state index contributed by atoms with van der Waals surface area (Å²) in [5.74, 6) is 1.04. The van der Waals surface area contributed by atoms with Crippen LogP contribution in [0, 0.1) is 5.92 Å². The number of nitrogens with one attached hydrogen (secondary N) is 1. The summed E-state index contributed by atoms with van der Waals surface area (Å²) >= 11 is 0. The average molecular weight is 334 g/mol. The van der Waals surface area contributed by atoms with Gasteiger partial charge in [0.25, 0.3) is 0 Å². The summed E-state index contributed by atoms with van der Waals surface area (Å²) in [6.45, 7) is 6.00. The summed E-state index contributed by atoms with van der Waals surface area (Å²) in [6, 6.07) is 5.34. The van der Waals surface area contributed by atoms with E-state index in [0.717, 1.165) is 30.8 Å². The van der Waals surface area contributed by atoms with Crippen LogP contribution in [-0.4, -0.2) is 42.9 Å². The predicted octanol–water partition coefficient (Wildman–Crippen LogP) is 2.05. The lowest BCUT2D eigenvalue weighted by atomic mass is 9.99. The first-order valence-corrected chi connectivity index (χ1v) is 8.13. The van der Waals surface area contributed by atoms with Crippen LogP contribution in [0.5, 0.6) is 5.75 Å². The number of hydrogen-bond acceptors (Lipinski definition) is 6. The van der Waals surface area contributed by atoms with Gasteiger partial charge in [0.05, 0.1) is 18.2 Å². The maximum absolute atomic E-state index is 10.3. The minimum atomic E-state index is 0.119. The first kappa shape index (κ1) is 15.5. The molecule has 1 atom stereocenters. The zero-order valence-electron chi connectivity index (χ0n) is 13.6. The fourth-order valence-corrected chi connectivity index (χ4v) is 2.99. The highest BCUT2D eigenvalue weighted by Gasteiger charge is 2.21. The van der Waals surface area contributed by atoms with Gasteiger partial charge in [-0.2, -0.15) is 0 Å². The van der Waals surface area contributed by atoms with E-state index in [1.807, 2.05) is 16.8 Å². The predicted molar refractivity (Wildman–Crippen MR) is 94.1 cm³/mol. The first-order valence-electron chi connectivity index (χ1n) is 8.13. The van der Waals surface area contributed by atoms with Gasteiger partial charge in [-0.05, 0) is 30.7 Å². The minimum Gasteiger partial charge on any atom is -0.507 e. The number of phenols is 1. The smallest absolute Gasteiger partial charge is 0.177 e. The molecule has 1 aromatic carbocycles. The fraction of sp³-hybridized carbons (Fsp3) is 0.222. The highest BCUT2D eigenvalue weighted by molar-refractivity contribution is 5.68. The van der Waals surface area contributed by atoms with E-state index in [1.54, 1.807) is 30.9 Å². The van der Waals surface area contributed by atoms with E-state index >= 15 is 0 Å². The molecule has 7 nitrogen and oxygen atoms in total. The largest absolute Gasteiger partial charge is 0.507 e. The van der Waals surface area contributed by atoms with Crippen molar-refractivity contribution in [1.29, 1.82) is 0 Å². The second kappa shape index (κ2) is 6.45. The van der Waals surface area contributed by atoms with Gasteiger partial charge in [-0.1, -0.05) is 6.58 Å². The molecule has 0 bridgehead atoms. The highest BCUT2D eigenvalue weighted by atomic mass is 16.3. The van der Waals surface area contributed by atoms with Crippen molar-refractivity contribution in [2.45, 2.75) is 6.42 Å². The van der Waals surface area contributed by atoms with Crippen LogP contribution in [0.2, 0.25) is 0 Å². The Morgan fingerprint density at radius 3 is 2.88 bits per heavy atom. The van der Waals surface area contributed by atoms with Crippen molar-refractivity contribution >= 4 is 5.57 Å². The SMILES string of the molecule is C=C(c1ncc(-c2ccc(-n3ccnc3)cc2O)nn1)[C@H]1CCNC1. The van der Waals surface area contributed by atoms with Crippen LogP contribution in [0.25, 0.3) is 22.5 Å². The lowest BCUT2D eigenvalue weighted by molar-refractivity contribution is 0.476. The Hall–Kier alpha value is -3.06.